The summed E-state index contributed by atoms with van der Waals surface area (Å²) in [5.41, 5.74) is -0.0920. The Bertz CT molecular complexity index is 688. The third-order valence-electron chi connectivity index (χ3n) is 3.49. The molecule has 0 aliphatic carbocycles. The molecule has 5 nitrogen and oxygen atoms in total. The highest BCUT2D eigenvalue weighted by Crippen LogP contribution is 2.28. The summed E-state index contributed by atoms with van der Waals surface area (Å²) in [4.78, 5) is 7.70. The minimum absolute atomic E-state index is 0.00848. The van der Waals surface area contributed by atoms with Gasteiger partial charge in [-0.25, -0.2) is 9.97 Å². The van der Waals surface area contributed by atoms with Crippen molar-refractivity contribution < 1.29 is 22.6 Å². The van der Waals surface area contributed by atoms with Crippen LogP contribution in [0.3, 0.4) is 0 Å². The normalized spacial score (nSPS) is 17.7. The molecule has 0 amide bonds. The van der Waals surface area contributed by atoms with Gasteiger partial charge in [0.2, 0.25) is 5.88 Å². The molecule has 1 N–H and O–H groups in total. The largest absolute Gasteiger partial charge is 0.472 e. The summed E-state index contributed by atoms with van der Waals surface area (Å²) in [6.07, 6.45) is -2.05. The number of nitrogens with one attached hydrogen (secondary N) is 1. The van der Waals surface area contributed by atoms with Gasteiger partial charge in [0.25, 0.3) is 0 Å². The van der Waals surface area contributed by atoms with E-state index in [9.17, 15) is 13.2 Å². The fraction of sp³-hybridized carbons (Fsp3) is 0.375. The highest BCUT2D eigenvalue weighted by atomic mass is 19.4. The summed E-state index contributed by atoms with van der Waals surface area (Å²) in [5, 5.41) is 2.88. The smallest absolute Gasteiger partial charge is 0.433 e. The SMILES string of the molecule is FC(F)(F)c1cccc(NCc2ccnc(OC3CCOC3)c2)n1. The molecule has 0 bridgehead atoms. The molecule has 0 radical (unpaired) electrons. The number of halogens is 3. The minimum Gasteiger partial charge on any atom is -0.472 e. The van der Waals surface area contributed by atoms with Crippen molar-refractivity contribution in [2.45, 2.75) is 25.2 Å². The van der Waals surface area contributed by atoms with E-state index in [-0.39, 0.29) is 11.9 Å². The topological polar surface area (TPSA) is 56.3 Å². The minimum atomic E-state index is -4.46. The van der Waals surface area contributed by atoms with E-state index in [0.717, 1.165) is 18.1 Å². The fourth-order valence-corrected chi connectivity index (χ4v) is 2.29. The Balaban J connectivity index is 1.62. The summed E-state index contributed by atoms with van der Waals surface area (Å²) in [6, 6.07) is 7.26. The van der Waals surface area contributed by atoms with E-state index in [2.05, 4.69) is 15.3 Å². The van der Waals surface area contributed by atoms with Gasteiger partial charge in [0.05, 0.1) is 13.2 Å². The van der Waals surface area contributed by atoms with Crippen LogP contribution >= 0.6 is 0 Å². The molecule has 8 heteroatoms. The molecular weight excluding hydrogens is 323 g/mol. The molecule has 3 rings (SSSR count). The van der Waals surface area contributed by atoms with Crippen LogP contribution in [0.5, 0.6) is 5.88 Å². The molecule has 24 heavy (non-hydrogen) atoms. The Morgan fingerprint density at radius 3 is 2.92 bits per heavy atom. The number of ether oxygens (including phenoxy) is 2. The highest BCUT2D eigenvalue weighted by Gasteiger charge is 2.32. The van der Waals surface area contributed by atoms with E-state index in [4.69, 9.17) is 9.47 Å². The van der Waals surface area contributed by atoms with Gasteiger partial charge in [-0.15, -0.1) is 0 Å². The molecule has 1 aliphatic rings. The van der Waals surface area contributed by atoms with Crippen molar-refractivity contribution in [2.75, 3.05) is 18.5 Å². The average Bonchev–Trinajstić information content (AvgIpc) is 3.06. The highest BCUT2D eigenvalue weighted by molar-refractivity contribution is 5.37. The second-order valence-corrected chi connectivity index (χ2v) is 5.37. The Morgan fingerprint density at radius 1 is 1.29 bits per heavy atom. The first kappa shape index (κ1) is 16.5. The standard InChI is InChI=1S/C16H16F3N3O2/c17-16(18,19)13-2-1-3-14(22-13)21-9-11-4-6-20-15(8-11)24-12-5-7-23-10-12/h1-4,6,8,12H,5,7,9-10H2,(H,21,22). The van der Waals surface area contributed by atoms with Crippen LogP contribution in [0.1, 0.15) is 17.7 Å². The van der Waals surface area contributed by atoms with E-state index < -0.39 is 11.9 Å². The third kappa shape index (κ3) is 4.35. The summed E-state index contributed by atoms with van der Waals surface area (Å²) >= 11 is 0. The number of anilines is 1. The van der Waals surface area contributed by atoms with Crippen molar-refractivity contribution >= 4 is 5.82 Å². The van der Waals surface area contributed by atoms with E-state index >= 15 is 0 Å². The summed E-state index contributed by atoms with van der Waals surface area (Å²) in [7, 11) is 0. The second-order valence-electron chi connectivity index (χ2n) is 5.37. The molecular formula is C16H16F3N3O2. The van der Waals surface area contributed by atoms with E-state index in [1.165, 1.54) is 12.1 Å². The first-order valence-corrected chi connectivity index (χ1v) is 7.48. The molecule has 1 atom stereocenters. The van der Waals surface area contributed by atoms with Gasteiger partial charge >= 0.3 is 6.18 Å². The zero-order valence-corrected chi connectivity index (χ0v) is 12.7. The van der Waals surface area contributed by atoms with Crippen molar-refractivity contribution in [3.63, 3.8) is 0 Å². The maximum Gasteiger partial charge on any atom is 0.433 e. The lowest BCUT2D eigenvalue weighted by atomic mass is 10.2. The summed E-state index contributed by atoms with van der Waals surface area (Å²) in [5.74, 6) is 0.634. The van der Waals surface area contributed by atoms with Gasteiger partial charge in [-0.1, -0.05) is 6.07 Å². The van der Waals surface area contributed by atoms with Gasteiger partial charge in [-0.05, 0) is 23.8 Å². The molecule has 0 spiro atoms. The van der Waals surface area contributed by atoms with E-state index in [1.54, 1.807) is 18.3 Å². The Labute approximate surface area is 136 Å². The van der Waals surface area contributed by atoms with Gasteiger partial charge in [0, 0.05) is 25.2 Å². The summed E-state index contributed by atoms with van der Waals surface area (Å²) < 4.78 is 48.9. The lowest BCUT2D eigenvalue weighted by Crippen LogP contribution is -2.16. The average molecular weight is 339 g/mol. The molecule has 2 aromatic rings. The number of aromatic nitrogens is 2. The number of hydrogen-bond acceptors (Lipinski definition) is 5. The van der Waals surface area contributed by atoms with Crippen LogP contribution in [0.4, 0.5) is 19.0 Å². The van der Waals surface area contributed by atoms with Gasteiger partial charge in [0.15, 0.2) is 0 Å². The van der Waals surface area contributed by atoms with Gasteiger partial charge < -0.3 is 14.8 Å². The first-order valence-electron chi connectivity index (χ1n) is 7.48. The van der Waals surface area contributed by atoms with Crippen molar-refractivity contribution in [3.8, 4) is 5.88 Å². The Hall–Kier alpha value is -2.35. The molecule has 0 aromatic carbocycles. The van der Waals surface area contributed by atoms with Crippen molar-refractivity contribution in [1.29, 1.82) is 0 Å². The van der Waals surface area contributed by atoms with Crippen LogP contribution < -0.4 is 10.1 Å². The lowest BCUT2D eigenvalue weighted by molar-refractivity contribution is -0.141. The zero-order valence-electron chi connectivity index (χ0n) is 12.7. The molecule has 2 aromatic heterocycles. The van der Waals surface area contributed by atoms with Crippen LogP contribution in [0, 0.1) is 0 Å². The molecule has 1 unspecified atom stereocenters. The predicted octanol–water partition coefficient (Wildman–Crippen LogP) is 3.28. The van der Waals surface area contributed by atoms with Gasteiger partial charge in [0.1, 0.15) is 17.6 Å². The van der Waals surface area contributed by atoms with Crippen LogP contribution in [-0.2, 0) is 17.5 Å². The van der Waals surface area contributed by atoms with E-state index in [0.29, 0.717) is 25.6 Å². The van der Waals surface area contributed by atoms with Gasteiger partial charge in [-0.2, -0.15) is 13.2 Å². The number of alkyl halides is 3. The number of hydrogen-bond donors (Lipinski definition) is 1. The first-order chi connectivity index (χ1) is 11.5. The van der Waals surface area contributed by atoms with Crippen LogP contribution in [0.15, 0.2) is 36.5 Å². The molecule has 1 saturated heterocycles. The van der Waals surface area contributed by atoms with Crippen LogP contribution in [-0.4, -0.2) is 29.3 Å². The summed E-state index contributed by atoms with van der Waals surface area (Å²) in [6.45, 7) is 1.53. The molecule has 128 valence electrons. The van der Waals surface area contributed by atoms with Crippen molar-refractivity contribution in [2.24, 2.45) is 0 Å². The third-order valence-corrected chi connectivity index (χ3v) is 3.49. The maximum absolute atomic E-state index is 12.7. The fourth-order valence-electron chi connectivity index (χ4n) is 2.29. The molecule has 0 saturated carbocycles. The van der Waals surface area contributed by atoms with Crippen LogP contribution in [0.25, 0.3) is 0 Å². The Morgan fingerprint density at radius 2 is 2.17 bits per heavy atom. The monoisotopic (exact) mass is 339 g/mol. The number of nitrogens with zero attached hydrogens (tertiary/aromatic N) is 2. The number of pyridine rings is 2. The Kier molecular flexibility index (Phi) is 4.84. The van der Waals surface area contributed by atoms with Crippen LogP contribution in [0.2, 0.25) is 0 Å². The van der Waals surface area contributed by atoms with E-state index in [1.807, 2.05) is 0 Å². The van der Waals surface area contributed by atoms with Crippen molar-refractivity contribution in [1.82, 2.24) is 9.97 Å². The quantitative estimate of drug-likeness (QED) is 0.906. The molecule has 3 heterocycles. The van der Waals surface area contributed by atoms with Crippen molar-refractivity contribution in [3.05, 3.63) is 47.8 Å². The molecule has 1 fully saturated rings. The second kappa shape index (κ2) is 7.04. The maximum atomic E-state index is 12.7. The predicted molar refractivity (Wildman–Crippen MR) is 80.7 cm³/mol. The molecule has 1 aliphatic heterocycles. The zero-order chi connectivity index (χ0) is 17.0. The van der Waals surface area contributed by atoms with Gasteiger partial charge in [-0.3, -0.25) is 0 Å². The number of rotatable bonds is 5. The lowest BCUT2D eigenvalue weighted by Gasteiger charge is -2.12.